The van der Waals surface area contributed by atoms with Gasteiger partial charge in [-0.25, -0.2) is 0 Å². The van der Waals surface area contributed by atoms with Crippen molar-refractivity contribution < 1.29 is 18.6 Å². The summed E-state index contributed by atoms with van der Waals surface area (Å²) in [6, 6.07) is 15.8. The Bertz CT molecular complexity index is 1030. The zero-order valence-electron chi connectivity index (χ0n) is 17.1. The van der Waals surface area contributed by atoms with Gasteiger partial charge >= 0.3 is 0 Å². The van der Waals surface area contributed by atoms with Crippen molar-refractivity contribution in [2.24, 2.45) is 0 Å². The van der Waals surface area contributed by atoms with Crippen molar-refractivity contribution in [3.05, 3.63) is 65.2 Å². The Hall–Kier alpha value is -3.92. The third-order valence-electron chi connectivity index (χ3n) is 4.40. The zero-order valence-corrected chi connectivity index (χ0v) is 17.1. The first kappa shape index (κ1) is 20.8. The van der Waals surface area contributed by atoms with E-state index in [9.17, 15) is 5.26 Å². The highest BCUT2D eigenvalue weighted by Crippen LogP contribution is 2.38. The van der Waals surface area contributed by atoms with Gasteiger partial charge in [-0.1, -0.05) is 30.3 Å². The molecule has 154 valence electrons. The van der Waals surface area contributed by atoms with E-state index >= 15 is 0 Å². The Kier molecular flexibility index (Phi) is 6.95. The molecule has 7 heteroatoms. The first-order chi connectivity index (χ1) is 14.7. The van der Waals surface area contributed by atoms with E-state index in [0.29, 0.717) is 35.6 Å². The first-order valence-corrected chi connectivity index (χ1v) is 9.35. The molecule has 1 N–H and O–H groups in total. The average molecular weight is 405 g/mol. The Labute approximate surface area is 175 Å². The molecule has 0 amide bonds. The quantitative estimate of drug-likeness (QED) is 0.564. The van der Waals surface area contributed by atoms with Crippen LogP contribution < -0.4 is 19.5 Å². The second-order valence-corrected chi connectivity index (χ2v) is 6.30. The maximum Gasteiger partial charge on any atom is 0.232 e. The smallest absolute Gasteiger partial charge is 0.232 e. The van der Waals surface area contributed by atoms with E-state index in [4.69, 9.17) is 18.6 Å². The third-order valence-corrected chi connectivity index (χ3v) is 4.40. The van der Waals surface area contributed by atoms with Crippen LogP contribution in [0.15, 0.2) is 46.9 Å². The first-order valence-electron chi connectivity index (χ1n) is 9.35. The van der Waals surface area contributed by atoms with Crippen molar-refractivity contribution in [3.63, 3.8) is 0 Å². The number of nitriles is 1. The van der Waals surface area contributed by atoms with Gasteiger partial charge in [0.15, 0.2) is 11.5 Å². The molecule has 0 atom stereocenters. The van der Waals surface area contributed by atoms with E-state index in [1.807, 2.05) is 30.3 Å². The van der Waals surface area contributed by atoms with Crippen molar-refractivity contribution >= 4 is 18.0 Å². The van der Waals surface area contributed by atoms with Gasteiger partial charge in [0.05, 0.1) is 21.3 Å². The monoisotopic (exact) mass is 405 g/mol. The molecule has 0 saturated heterocycles. The molecule has 0 aliphatic carbocycles. The molecule has 0 saturated carbocycles. The zero-order chi connectivity index (χ0) is 21.3. The number of nitrogens with zero attached hydrogens (tertiary/aromatic N) is 2. The number of methoxy groups -OCH3 is 3. The summed E-state index contributed by atoms with van der Waals surface area (Å²) in [5.41, 5.74) is 2.22. The Morgan fingerprint density at radius 2 is 1.73 bits per heavy atom. The SMILES string of the molecule is COc1cc(/C=C/c2nc(C#N)c(NCCc3ccccc3)o2)cc(OC)c1OC. The van der Waals surface area contributed by atoms with Gasteiger partial charge in [-0.2, -0.15) is 10.2 Å². The van der Waals surface area contributed by atoms with E-state index in [-0.39, 0.29) is 5.69 Å². The number of ether oxygens (including phenoxy) is 3. The van der Waals surface area contributed by atoms with E-state index in [1.54, 1.807) is 33.5 Å². The van der Waals surface area contributed by atoms with Gasteiger partial charge in [0, 0.05) is 12.6 Å². The summed E-state index contributed by atoms with van der Waals surface area (Å²) in [6.07, 6.45) is 4.29. The van der Waals surface area contributed by atoms with Crippen LogP contribution in [0.3, 0.4) is 0 Å². The number of rotatable bonds is 9. The summed E-state index contributed by atoms with van der Waals surface area (Å²) in [5.74, 6) is 2.29. The second kappa shape index (κ2) is 10.0. The topological polar surface area (TPSA) is 89.5 Å². The van der Waals surface area contributed by atoms with Gasteiger partial charge < -0.3 is 23.9 Å². The highest BCUT2D eigenvalue weighted by atomic mass is 16.5. The van der Waals surface area contributed by atoms with Crippen molar-refractivity contribution in [1.29, 1.82) is 5.26 Å². The fourth-order valence-corrected chi connectivity index (χ4v) is 2.93. The van der Waals surface area contributed by atoms with Crippen molar-refractivity contribution in [2.75, 3.05) is 33.2 Å². The number of oxazole rings is 1. The minimum atomic E-state index is 0.215. The van der Waals surface area contributed by atoms with Gasteiger partial charge in [0.1, 0.15) is 6.07 Å². The van der Waals surface area contributed by atoms with Gasteiger partial charge in [0.2, 0.25) is 23.2 Å². The average Bonchev–Trinajstić information content (AvgIpc) is 3.19. The molecule has 0 aliphatic rings. The maximum absolute atomic E-state index is 9.34. The number of anilines is 1. The molecule has 0 aliphatic heterocycles. The Balaban J connectivity index is 1.74. The predicted molar refractivity (Wildman–Crippen MR) is 115 cm³/mol. The molecule has 30 heavy (non-hydrogen) atoms. The molecule has 0 fully saturated rings. The predicted octanol–water partition coefficient (Wildman–Crippen LogP) is 4.40. The molecule has 0 radical (unpaired) electrons. The Morgan fingerprint density at radius 3 is 2.33 bits per heavy atom. The molecule has 1 heterocycles. The third kappa shape index (κ3) is 4.92. The molecule has 2 aromatic carbocycles. The lowest BCUT2D eigenvalue weighted by molar-refractivity contribution is 0.324. The molecule has 0 spiro atoms. The number of aromatic nitrogens is 1. The summed E-state index contributed by atoms with van der Waals surface area (Å²) < 4.78 is 21.8. The second-order valence-electron chi connectivity index (χ2n) is 6.30. The van der Waals surface area contributed by atoms with Crippen LogP contribution in [0.5, 0.6) is 17.2 Å². The van der Waals surface area contributed by atoms with Crippen LogP contribution in [0, 0.1) is 11.3 Å². The number of benzene rings is 2. The lowest BCUT2D eigenvalue weighted by Crippen LogP contribution is -2.05. The van der Waals surface area contributed by atoms with Gasteiger partial charge in [0.25, 0.3) is 0 Å². The molecule has 0 bridgehead atoms. The van der Waals surface area contributed by atoms with Gasteiger partial charge in [-0.05, 0) is 35.8 Å². The fraction of sp³-hybridized carbons (Fsp3) is 0.217. The van der Waals surface area contributed by atoms with Crippen LogP contribution in [0.2, 0.25) is 0 Å². The summed E-state index contributed by atoms with van der Waals surface area (Å²) in [7, 11) is 4.68. The lowest BCUT2D eigenvalue weighted by atomic mass is 10.1. The normalized spacial score (nSPS) is 10.6. The highest BCUT2D eigenvalue weighted by Gasteiger charge is 2.13. The molecule has 7 nitrogen and oxygen atoms in total. The minimum absolute atomic E-state index is 0.215. The number of hydrogen-bond donors (Lipinski definition) is 1. The van der Waals surface area contributed by atoms with E-state index in [1.165, 1.54) is 5.56 Å². The minimum Gasteiger partial charge on any atom is -0.493 e. The number of hydrogen-bond acceptors (Lipinski definition) is 7. The highest BCUT2D eigenvalue weighted by molar-refractivity contribution is 5.71. The van der Waals surface area contributed by atoms with Crippen LogP contribution in [-0.4, -0.2) is 32.9 Å². The van der Waals surface area contributed by atoms with E-state index in [0.717, 1.165) is 12.0 Å². The molecule has 3 rings (SSSR count). The molecule has 0 unspecified atom stereocenters. The summed E-state index contributed by atoms with van der Waals surface area (Å²) in [5, 5.41) is 12.5. The molecule has 1 aromatic heterocycles. The standard InChI is InChI=1S/C23H23N3O4/c1-27-19-13-17(14-20(28-2)22(19)29-3)9-10-21-26-18(15-24)23(30-21)25-12-11-16-7-5-4-6-8-16/h4-10,13-14,25H,11-12H2,1-3H3/b10-9+. The van der Waals surface area contributed by atoms with E-state index in [2.05, 4.69) is 28.5 Å². The molecular formula is C23H23N3O4. The summed E-state index contributed by atoms with van der Waals surface area (Å²) in [4.78, 5) is 4.22. The lowest BCUT2D eigenvalue weighted by Gasteiger charge is -2.12. The Morgan fingerprint density at radius 1 is 1.03 bits per heavy atom. The van der Waals surface area contributed by atoms with Gasteiger partial charge in [-0.3, -0.25) is 0 Å². The van der Waals surface area contributed by atoms with Crippen molar-refractivity contribution in [2.45, 2.75) is 6.42 Å². The fourth-order valence-electron chi connectivity index (χ4n) is 2.93. The van der Waals surface area contributed by atoms with Gasteiger partial charge in [-0.15, -0.1) is 0 Å². The van der Waals surface area contributed by atoms with Crippen LogP contribution in [-0.2, 0) is 6.42 Å². The van der Waals surface area contributed by atoms with Crippen molar-refractivity contribution in [1.82, 2.24) is 4.98 Å². The van der Waals surface area contributed by atoms with Crippen molar-refractivity contribution in [3.8, 4) is 23.3 Å². The largest absolute Gasteiger partial charge is 0.493 e. The summed E-state index contributed by atoms with van der Waals surface area (Å²) >= 11 is 0. The molecular weight excluding hydrogens is 382 g/mol. The molecule has 3 aromatic rings. The van der Waals surface area contributed by atoms with Crippen LogP contribution in [0.25, 0.3) is 12.2 Å². The van der Waals surface area contributed by atoms with Crippen LogP contribution in [0.4, 0.5) is 5.88 Å². The number of nitrogens with one attached hydrogen (secondary N) is 1. The van der Waals surface area contributed by atoms with Crippen LogP contribution in [0.1, 0.15) is 22.7 Å². The van der Waals surface area contributed by atoms with Crippen LogP contribution >= 0.6 is 0 Å². The summed E-state index contributed by atoms with van der Waals surface area (Å²) in [6.45, 7) is 0.629. The maximum atomic E-state index is 9.34. The van der Waals surface area contributed by atoms with E-state index < -0.39 is 0 Å².